The molecule has 18 heavy (non-hydrogen) atoms. The van der Waals surface area contributed by atoms with Gasteiger partial charge in [-0.25, -0.2) is 4.98 Å². The van der Waals surface area contributed by atoms with E-state index in [1.54, 1.807) is 11.1 Å². The van der Waals surface area contributed by atoms with Gasteiger partial charge >= 0.3 is 0 Å². The van der Waals surface area contributed by atoms with E-state index in [9.17, 15) is 4.79 Å². The Balaban J connectivity index is 2.33. The van der Waals surface area contributed by atoms with Crippen LogP contribution in [0.4, 0.5) is 5.82 Å². The minimum absolute atomic E-state index is 0.0785. The third-order valence-electron chi connectivity index (χ3n) is 2.83. The number of anilines is 1. The average Bonchev–Trinajstić information content (AvgIpc) is 2.50. The molecule has 1 aliphatic rings. The number of unbranched alkanes of at least 4 members (excludes halogenated alkanes) is 2. The number of aromatic nitrogens is 2. The first-order chi connectivity index (χ1) is 8.48. The Kier molecular flexibility index (Phi) is 4.29. The second kappa shape index (κ2) is 5.43. The summed E-state index contributed by atoms with van der Waals surface area (Å²) >= 11 is 12.6. The Labute approximate surface area is 127 Å². The number of halogens is 3. The molecule has 0 aliphatic carbocycles. The van der Waals surface area contributed by atoms with Gasteiger partial charge in [-0.1, -0.05) is 51.6 Å². The first-order valence-electron chi connectivity index (χ1n) is 5.71. The van der Waals surface area contributed by atoms with E-state index in [0.717, 1.165) is 19.3 Å². The van der Waals surface area contributed by atoms with E-state index in [2.05, 4.69) is 48.8 Å². The maximum atomic E-state index is 12.3. The van der Waals surface area contributed by atoms with E-state index in [0.29, 0.717) is 17.9 Å². The molecule has 2 rings (SSSR count). The van der Waals surface area contributed by atoms with Gasteiger partial charge in [0.1, 0.15) is 5.82 Å². The summed E-state index contributed by atoms with van der Waals surface area (Å²) in [6, 6.07) is 0. The van der Waals surface area contributed by atoms with Gasteiger partial charge in [-0.05, 0) is 18.0 Å². The maximum Gasteiger partial charge on any atom is 0.260 e. The Morgan fingerprint density at radius 2 is 2.17 bits per heavy atom. The summed E-state index contributed by atoms with van der Waals surface area (Å²) in [5, 5.41) is 0.153. The lowest BCUT2D eigenvalue weighted by molar-refractivity contribution is -0.118. The van der Waals surface area contributed by atoms with Crippen LogP contribution in [0, 0.1) is 0 Å². The molecule has 0 aromatic carbocycles. The standard InChI is InChI=1S/C11H12Br2ClN3O/c1-2-3-4-5-17-8-7(6-15-10(14)16-8)11(12,13)9(17)18/h6H,2-5H2,1H3. The molecule has 0 saturated heterocycles. The van der Waals surface area contributed by atoms with Crippen molar-refractivity contribution in [2.24, 2.45) is 0 Å². The molecule has 1 aliphatic heterocycles. The molecule has 0 radical (unpaired) electrons. The van der Waals surface area contributed by atoms with Crippen molar-refractivity contribution in [3.63, 3.8) is 0 Å². The molecule has 1 aromatic heterocycles. The van der Waals surface area contributed by atoms with Gasteiger partial charge in [0.05, 0.1) is 5.56 Å². The van der Waals surface area contributed by atoms with Crippen molar-refractivity contribution in [2.45, 2.75) is 29.4 Å². The predicted molar refractivity (Wildman–Crippen MR) is 78.5 cm³/mol. The molecule has 0 bridgehead atoms. The van der Waals surface area contributed by atoms with E-state index in [4.69, 9.17) is 11.6 Å². The predicted octanol–water partition coefficient (Wildman–Crippen LogP) is 3.61. The van der Waals surface area contributed by atoms with Crippen LogP contribution in [0.5, 0.6) is 0 Å². The minimum Gasteiger partial charge on any atom is -0.294 e. The van der Waals surface area contributed by atoms with Crippen molar-refractivity contribution >= 4 is 55.2 Å². The van der Waals surface area contributed by atoms with Crippen LogP contribution in [-0.2, 0) is 8.03 Å². The number of carbonyl (C=O) groups is 1. The molecule has 0 unspecified atom stereocenters. The van der Waals surface area contributed by atoms with Crippen molar-refractivity contribution in [1.29, 1.82) is 0 Å². The van der Waals surface area contributed by atoms with Crippen LogP contribution in [0.1, 0.15) is 31.7 Å². The van der Waals surface area contributed by atoms with Crippen molar-refractivity contribution in [3.8, 4) is 0 Å². The zero-order valence-corrected chi connectivity index (χ0v) is 13.7. The Bertz CT molecular complexity index is 481. The molecule has 7 heteroatoms. The summed E-state index contributed by atoms with van der Waals surface area (Å²) in [5.41, 5.74) is 0.702. The number of fused-ring (bicyclic) bond motifs is 1. The molecule has 1 aromatic rings. The van der Waals surface area contributed by atoms with Gasteiger partial charge in [-0.3, -0.25) is 9.69 Å². The lowest BCUT2D eigenvalue weighted by Crippen LogP contribution is -2.33. The van der Waals surface area contributed by atoms with Crippen LogP contribution >= 0.6 is 43.5 Å². The van der Waals surface area contributed by atoms with Gasteiger partial charge in [-0.2, -0.15) is 4.98 Å². The third-order valence-corrected chi connectivity index (χ3v) is 4.55. The molecule has 0 fully saturated rings. The maximum absolute atomic E-state index is 12.3. The summed E-state index contributed by atoms with van der Waals surface area (Å²) in [5.74, 6) is 0.509. The zero-order valence-electron chi connectivity index (χ0n) is 9.79. The summed E-state index contributed by atoms with van der Waals surface area (Å²) in [7, 11) is 0. The second-order valence-electron chi connectivity index (χ2n) is 4.11. The zero-order chi connectivity index (χ0) is 13.3. The van der Waals surface area contributed by atoms with Crippen molar-refractivity contribution in [3.05, 3.63) is 17.0 Å². The molecule has 0 saturated carbocycles. The SMILES string of the molecule is CCCCCN1C(=O)C(Br)(Br)c2cnc(Cl)nc21. The Morgan fingerprint density at radius 1 is 1.44 bits per heavy atom. The monoisotopic (exact) mass is 395 g/mol. The molecular weight excluding hydrogens is 385 g/mol. The van der Waals surface area contributed by atoms with E-state index < -0.39 is 3.23 Å². The van der Waals surface area contributed by atoms with Crippen LogP contribution < -0.4 is 4.90 Å². The Morgan fingerprint density at radius 3 is 2.83 bits per heavy atom. The second-order valence-corrected chi connectivity index (χ2v) is 7.90. The van der Waals surface area contributed by atoms with E-state index in [1.165, 1.54) is 0 Å². The first kappa shape index (κ1) is 14.2. The van der Waals surface area contributed by atoms with Crippen LogP contribution in [0.3, 0.4) is 0 Å². The van der Waals surface area contributed by atoms with Crippen LogP contribution in [0.15, 0.2) is 6.20 Å². The number of amides is 1. The van der Waals surface area contributed by atoms with E-state index in [1.807, 2.05) is 0 Å². The summed E-state index contributed by atoms with van der Waals surface area (Å²) in [6.45, 7) is 2.77. The van der Waals surface area contributed by atoms with E-state index >= 15 is 0 Å². The molecule has 4 nitrogen and oxygen atoms in total. The fourth-order valence-electron chi connectivity index (χ4n) is 1.89. The first-order valence-corrected chi connectivity index (χ1v) is 7.67. The molecule has 1 amide bonds. The minimum atomic E-state index is -0.924. The van der Waals surface area contributed by atoms with E-state index in [-0.39, 0.29) is 11.2 Å². The quantitative estimate of drug-likeness (QED) is 0.443. The summed E-state index contributed by atoms with van der Waals surface area (Å²) in [4.78, 5) is 22.1. The normalized spacial score (nSPS) is 17.1. The molecular formula is C11H12Br2ClN3O. The molecule has 0 N–H and O–H groups in total. The lowest BCUT2D eigenvalue weighted by atomic mass is 10.2. The van der Waals surface area contributed by atoms with Gasteiger partial charge in [0.15, 0.2) is 3.23 Å². The number of alkyl halides is 2. The Hall–Kier alpha value is -0.200. The smallest absolute Gasteiger partial charge is 0.260 e. The number of rotatable bonds is 4. The number of nitrogens with zero attached hydrogens (tertiary/aromatic N) is 3. The fraction of sp³-hybridized carbons (Fsp3) is 0.545. The molecule has 2 heterocycles. The highest BCUT2D eigenvalue weighted by atomic mass is 79.9. The summed E-state index contributed by atoms with van der Waals surface area (Å²) in [6.07, 6.45) is 4.70. The van der Waals surface area contributed by atoms with Gasteiger partial charge in [0.25, 0.3) is 5.91 Å². The van der Waals surface area contributed by atoms with Crippen LogP contribution in [-0.4, -0.2) is 22.4 Å². The van der Waals surface area contributed by atoms with Gasteiger partial charge in [0, 0.05) is 12.7 Å². The number of hydrogen-bond donors (Lipinski definition) is 0. The van der Waals surface area contributed by atoms with Crippen LogP contribution in [0.2, 0.25) is 5.28 Å². The highest BCUT2D eigenvalue weighted by molar-refractivity contribution is 9.25. The van der Waals surface area contributed by atoms with Crippen molar-refractivity contribution < 1.29 is 4.79 Å². The van der Waals surface area contributed by atoms with Gasteiger partial charge in [-0.15, -0.1) is 0 Å². The highest BCUT2D eigenvalue weighted by Crippen LogP contribution is 2.49. The fourth-order valence-corrected chi connectivity index (χ4v) is 3.00. The van der Waals surface area contributed by atoms with Crippen molar-refractivity contribution in [2.75, 3.05) is 11.4 Å². The largest absolute Gasteiger partial charge is 0.294 e. The van der Waals surface area contributed by atoms with Crippen molar-refractivity contribution in [1.82, 2.24) is 9.97 Å². The van der Waals surface area contributed by atoms with Gasteiger partial charge in [0.2, 0.25) is 5.28 Å². The number of hydrogen-bond acceptors (Lipinski definition) is 3. The average molecular weight is 397 g/mol. The number of carbonyl (C=O) groups excluding carboxylic acids is 1. The molecule has 0 spiro atoms. The topological polar surface area (TPSA) is 46.1 Å². The third kappa shape index (κ3) is 2.42. The van der Waals surface area contributed by atoms with Crippen LogP contribution in [0.25, 0.3) is 0 Å². The molecule has 0 atom stereocenters. The lowest BCUT2D eigenvalue weighted by Gasteiger charge is -2.17. The highest BCUT2D eigenvalue weighted by Gasteiger charge is 2.48. The van der Waals surface area contributed by atoms with Gasteiger partial charge < -0.3 is 0 Å². The molecule has 98 valence electrons. The summed E-state index contributed by atoms with van der Waals surface area (Å²) < 4.78 is -0.924.